The Morgan fingerprint density at radius 3 is 2.62 bits per heavy atom. The fourth-order valence-corrected chi connectivity index (χ4v) is 3.72. The molecule has 0 saturated carbocycles. The molecule has 1 fully saturated rings. The lowest BCUT2D eigenvalue weighted by Gasteiger charge is -2.30. The van der Waals surface area contributed by atoms with E-state index in [1.165, 1.54) is 16.0 Å². The first-order chi connectivity index (χ1) is 10.2. The first kappa shape index (κ1) is 14.7. The molecule has 2 aromatic rings. The van der Waals surface area contributed by atoms with Crippen molar-refractivity contribution in [3.63, 3.8) is 0 Å². The quantitative estimate of drug-likeness (QED) is 0.941. The minimum Gasteiger partial charge on any atom is -0.396 e. The highest BCUT2D eigenvalue weighted by molar-refractivity contribution is 7.15. The number of aliphatic hydroxyl groups excluding tert-OH is 1. The highest BCUT2D eigenvalue weighted by Gasteiger charge is 2.19. The molecule has 3 rings (SSSR count). The van der Waals surface area contributed by atoms with Crippen molar-refractivity contribution < 1.29 is 5.11 Å². The van der Waals surface area contributed by atoms with Crippen molar-refractivity contribution in [1.82, 2.24) is 9.88 Å². The number of likely N-dealkylation sites (tertiary alicyclic amines) is 1. The molecule has 1 aliphatic heterocycles. The SMILES string of the molecule is Cc1ccc(-c2ncc(CN3CCC(CO)CC3)s2)cc1. The average Bonchev–Trinajstić information content (AvgIpc) is 2.97. The summed E-state index contributed by atoms with van der Waals surface area (Å²) in [5.41, 5.74) is 2.48. The minimum atomic E-state index is 0.339. The topological polar surface area (TPSA) is 36.4 Å². The largest absolute Gasteiger partial charge is 0.396 e. The first-order valence-corrected chi connectivity index (χ1v) is 8.41. The van der Waals surface area contributed by atoms with E-state index >= 15 is 0 Å². The van der Waals surface area contributed by atoms with Crippen molar-refractivity contribution in [2.45, 2.75) is 26.3 Å². The zero-order valence-electron chi connectivity index (χ0n) is 12.5. The number of benzene rings is 1. The molecule has 1 N–H and O–H groups in total. The highest BCUT2D eigenvalue weighted by Crippen LogP contribution is 2.27. The Morgan fingerprint density at radius 1 is 1.24 bits per heavy atom. The van der Waals surface area contributed by atoms with Gasteiger partial charge in [-0.15, -0.1) is 11.3 Å². The van der Waals surface area contributed by atoms with Gasteiger partial charge in [-0.2, -0.15) is 0 Å². The molecular formula is C17H22N2OS. The van der Waals surface area contributed by atoms with Crippen molar-refractivity contribution in [2.75, 3.05) is 19.7 Å². The highest BCUT2D eigenvalue weighted by atomic mass is 32.1. The molecule has 0 bridgehead atoms. The van der Waals surface area contributed by atoms with Crippen molar-refractivity contribution in [3.05, 3.63) is 40.9 Å². The maximum absolute atomic E-state index is 9.19. The lowest BCUT2D eigenvalue weighted by molar-refractivity contribution is 0.128. The normalized spacial score (nSPS) is 17.2. The molecule has 2 heterocycles. The molecule has 0 atom stereocenters. The maximum atomic E-state index is 9.19. The van der Waals surface area contributed by atoms with Gasteiger partial charge in [0.15, 0.2) is 0 Å². The smallest absolute Gasteiger partial charge is 0.123 e. The molecule has 4 heteroatoms. The van der Waals surface area contributed by atoms with Crippen LogP contribution in [0.2, 0.25) is 0 Å². The number of nitrogens with zero attached hydrogens (tertiary/aromatic N) is 2. The third-order valence-electron chi connectivity index (χ3n) is 4.20. The fraction of sp³-hybridized carbons (Fsp3) is 0.471. The fourth-order valence-electron chi connectivity index (χ4n) is 2.76. The number of hydrogen-bond acceptors (Lipinski definition) is 4. The number of aryl methyl sites for hydroxylation is 1. The number of rotatable bonds is 4. The third-order valence-corrected chi connectivity index (χ3v) is 5.23. The molecule has 21 heavy (non-hydrogen) atoms. The van der Waals surface area contributed by atoms with E-state index in [0.29, 0.717) is 12.5 Å². The summed E-state index contributed by atoms with van der Waals surface area (Å²) in [6.45, 7) is 5.60. The van der Waals surface area contributed by atoms with Crippen molar-refractivity contribution in [2.24, 2.45) is 5.92 Å². The van der Waals surface area contributed by atoms with E-state index in [-0.39, 0.29) is 0 Å². The van der Waals surface area contributed by atoms with E-state index < -0.39 is 0 Å². The zero-order valence-corrected chi connectivity index (χ0v) is 13.3. The van der Waals surface area contributed by atoms with Crippen LogP contribution in [0.4, 0.5) is 0 Å². The van der Waals surface area contributed by atoms with Gasteiger partial charge < -0.3 is 5.11 Å². The molecule has 1 aromatic carbocycles. The van der Waals surface area contributed by atoms with E-state index in [9.17, 15) is 5.11 Å². The van der Waals surface area contributed by atoms with Crippen LogP contribution in [-0.2, 0) is 6.54 Å². The van der Waals surface area contributed by atoms with Gasteiger partial charge in [0.25, 0.3) is 0 Å². The van der Waals surface area contributed by atoms with E-state index in [4.69, 9.17) is 0 Å². The number of aromatic nitrogens is 1. The molecular weight excluding hydrogens is 280 g/mol. The predicted molar refractivity (Wildman–Crippen MR) is 87.4 cm³/mol. The monoisotopic (exact) mass is 302 g/mol. The van der Waals surface area contributed by atoms with Crippen molar-refractivity contribution in [3.8, 4) is 10.6 Å². The van der Waals surface area contributed by atoms with E-state index in [1.54, 1.807) is 11.3 Å². The Balaban J connectivity index is 1.62. The van der Waals surface area contributed by atoms with E-state index in [2.05, 4.69) is 41.1 Å². The van der Waals surface area contributed by atoms with Gasteiger partial charge in [0, 0.05) is 29.8 Å². The molecule has 0 radical (unpaired) electrons. The standard InChI is InChI=1S/C17H22N2OS/c1-13-2-4-15(5-3-13)17-18-10-16(21-17)11-19-8-6-14(12-20)7-9-19/h2-5,10,14,20H,6-9,11-12H2,1H3. The maximum Gasteiger partial charge on any atom is 0.123 e. The number of piperidine rings is 1. The second-order valence-electron chi connectivity index (χ2n) is 5.90. The Morgan fingerprint density at radius 2 is 1.95 bits per heavy atom. The van der Waals surface area contributed by atoms with Gasteiger partial charge in [0.2, 0.25) is 0 Å². The van der Waals surface area contributed by atoms with Gasteiger partial charge >= 0.3 is 0 Å². The molecule has 3 nitrogen and oxygen atoms in total. The van der Waals surface area contributed by atoms with Gasteiger partial charge in [0.05, 0.1) is 0 Å². The third kappa shape index (κ3) is 3.70. The molecule has 1 saturated heterocycles. The Labute approximate surface area is 130 Å². The summed E-state index contributed by atoms with van der Waals surface area (Å²) in [6, 6.07) is 8.56. The molecule has 0 amide bonds. The van der Waals surface area contributed by atoms with Crippen LogP contribution in [0, 0.1) is 12.8 Å². The van der Waals surface area contributed by atoms with Crippen molar-refractivity contribution >= 4 is 11.3 Å². The van der Waals surface area contributed by atoms with E-state index in [0.717, 1.165) is 37.5 Å². The molecule has 0 unspecified atom stereocenters. The average molecular weight is 302 g/mol. The van der Waals surface area contributed by atoms with Gasteiger partial charge in [-0.3, -0.25) is 4.90 Å². The summed E-state index contributed by atoms with van der Waals surface area (Å²) in [5, 5.41) is 10.3. The Hall–Kier alpha value is -1.23. The van der Waals surface area contributed by atoms with Crippen LogP contribution < -0.4 is 0 Å². The van der Waals surface area contributed by atoms with Crippen LogP contribution in [0.15, 0.2) is 30.5 Å². The lowest BCUT2D eigenvalue weighted by Crippen LogP contribution is -2.34. The van der Waals surface area contributed by atoms with Gasteiger partial charge in [-0.1, -0.05) is 29.8 Å². The number of hydrogen-bond donors (Lipinski definition) is 1. The summed E-state index contributed by atoms with van der Waals surface area (Å²) in [4.78, 5) is 8.36. The molecule has 112 valence electrons. The molecule has 0 spiro atoms. The van der Waals surface area contributed by atoms with Crippen LogP contribution in [0.5, 0.6) is 0 Å². The number of thiazole rings is 1. The van der Waals surface area contributed by atoms with Gasteiger partial charge in [0.1, 0.15) is 5.01 Å². The Kier molecular flexibility index (Phi) is 4.68. The van der Waals surface area contributed by atoms with Crippen LogP contribution >= 0.6 is 11.3 Å². The van der Waals surface area contributed by atoms with E-state index in [1.807, 2.05) is 6.20 Å². The van der Waals surface area contributed by atoms with Crippen LogP contribution in [0.25, 0.3) is 10.6 Å². The van der Waals surface area contributed by atoms with Crippen LogP contribution in [-0.4, -0.2) is 34.7 Å². The number of aliphatic hydroxyl groups is 1. The summed E-state index contributed by atoms with van der Waals surface area (Å²) in [6.07, 6.45) is 4.23. The van der Waals surface area contributed by atoms with Gasteiger partial charge in [-0.05, 0) is 38.8 Å². The van der Waals surface area contributed by atoms with Crippen LogP contribution in [0.3, 0.4) is 0 Å². The second kappa shape index (κ2) is 6.69. The first-order valence-electron chi connectivity index (χ1n) is 7.59. The van der Waals surface area contributed by atoms with Crippen molar-refractivity contribution in [1.29, 1.82) is 0 Å². The molecule has 0 aliphatic carbocycles. The zero-order chi connectivity index (χ0) is 14.7. The second-order valence-corrected chi connectivity index (χ2v) is 7.02. The molecule has 1 aliphatic rings. The molecule has 1 aromatic heterocycles. The summed E-state index contributed by atoms with van der Waals surface area (Å²) in [5.74, 6) is 0.505. The lowest BCUT2D eigenvalue weighted by atomic mass is 9.98. The minimum absolute atomic E-state index is 0.339. The van der Waals surface area contributed by atoms with Crippen LogP contribution in [0.1, 0.15) is 23.3 Å². The summed E-state index contributed by atoms with van der Waals surface area (Å²) >= 11 is 1.79. The predicted octanol–water partition coefficient (Wildman–Crippen LogP) is 3.32. The van der Waals surface area contributed by atoms with Gasteiger partial charge in [-0.25, -0.2) is 4.98 Å². The summed E-state index contributed by atoms with van der Waals surface area (Å²) in [7, 11) is 0. The Bertz CT molecular complexity index is 571. The summed E-state index contributed by atoms with van der Waals surface area (Å²) < 4.78 is 0.